The van der Waals surface area contributed by atoms with Gasteiger partial charge in [0.15, 0.2) is 17.3 Å². The Bertz CT molecular complexity index is 879. The minimum absolute atomic E-state index is 0.000117. The molecule has 0 saturated carbocycles. The topological polar surface area (TPSA) is 88.6 Å². The second-order valence-electron chi connectivity index (χ2n) is 8.37. The molecule has 0 atom stereocenters. The van der Waals surface area contributed by atoms with E-state index in [9.17, 15) is 14.4 Å². The number of nitrogens with zero attached hydrogens (tertiary/aromatic N) is 3. The molecule has 3 amide bonds. The van der Waals surface area contributed by atoms with Crippen LogP contribution in [0.25, 0.3) is 0 Å². The van der Waals surface area contributed by atoms with Crippen molar-refractivity contribution in [2.75, 3.05) is 55.1 Å². The molecule has 0 aliphatic carbocycles. The first-order chi connectivity index (χ1) is 15.3. The molecule has 9 heteroatoms. The molecule has 2 heterocycles. The van der Waals surface area contributed by atoms with E-state index in [1.54, 1.807) is 31.1 Å². The summed E-state index contributed by atoms with van der Waals surface area (Å²) in [5.41, 5.74) is -0.205. The quantitative estimate of drug-likeness (QED) is 0.326. The number of carbonyl (C=O) groups excluding carboxylic acids is 3. The number of amides is 3. The molecule has 2 aliphatic heterocycles. The first-order valence-corrected chi connectivity index (χ1v) is 10.9. The molecular formula is C23H33N3O6. The Balaban J connectivity index is 1.49. The van der Waals surface area contributed by atoms with Crippen LogP contribution in [0.5, 0.6) is 17.2 Å². The van der Waals surface area contributed by atoms with Crippen molar-refractivity contribution in [2.24, 2.45) is 0 Å². The number of hydrogen-bond donors (Lipinski definition) is 0. The number of unbranched alkanes of at least 4 members (excludes halogenated alkanes) is 1. The summed E-state index contributed by atoms with van der Waals surface area (Å²) in [5.74, 6) is 1.38. The number of urea groups is 1. The number of imide groups is 1. The van der Waals surface area contributed by atoms with Crippen molar-refractivity contribution < 1.29 is 28.6 Å². The third-order valence-corrected chi connectivity index (χ3v) is 6.74. The average molecular weight is 448 g/mol. The second-order valence-corrected chi connectivity index (χ2v) is 8.37. The van der Waals surface area contributed by atoms with Gasteiger partial charge in [-0.05, 0) is 38.3 Å². The molecule has 9 nitrogen and oxygen atoms in total. The Morgan fingerprint density at radius 3 is 2.06 bits per heavy atom. The van der Waals surface area contributed by atoms with Gasteiger partial charge in [0, 0.05) is 39.7 Å². The number of likely N-dealkylation sites (tertiary alicyclic amines) is 1. The zero-order valence-electron chi connectivity index (χ0n) is 19.6. The molecule has 1 spiro atoms. The van der Waals surface area contributed by atoms with Gasteiger partial charge in [-0.25, -0.2) is 4.79 Å². The van der Waals surface area contributed by atoms with Crippen molar-refractivity contribution in [3.05, 3.63) is 17.7 Å². The maximum Gasteiger partial charge on any atom is 0.327 e. The molecule has 176 valence electrons. The van der Waals surface area contributed by atoms with E-state index in [0.29, 0.717) is 42.1 Å². The molecule has 0 unspecified atom stereocenters. The molecule has 32 heavy (non-hydrogen) atoms. The fourth-order valence-corrected chi connectivity index (χ4v) is 4.65. The predicted molar refractivity (Wildman–Crippen MR) is 119 cm³/mol. The van der Waals surface area contributed by atoms with Gasteiger partial charge >= 0.3 is 6.03 Å². The Morgan fingerprint density at radius 1 is 0.938 bits per heavy atom. The van der Waals surface area contributed by atoms with Crippen LogP contribution in [0.2, 0.25) is 0 Å². The summed E-state index contributed by atoms with van der Waals surface area (Å²) in [4.78, 5) is 42.6. The van der Waals surface area contributed by atoms with Gasteiger partial charge in [-0.1, -0.05) is 0 Å². The Hall–Kier alpha value is -2.81. The van der Waals surface area contributed by atoms with Crippen molar-refractivity contribution >= 4 is 17.7 Å². The third-order valence-electron chi connectivity index (χ3n) is 6.74. The van der Waals surface area contributed by atoms with Crippen molar-refractivity contribution in [1.82, 2.24) is 14.7 Å². The summed E-state index contributed by atoms with van der Waals surface area (Å²) in [6, 6.07) is 3.10. The smallest absolute Gasteiger partial charge is 0.327 e. The van der Waals surface area contributed by atoms with Gasteiger partial charge in [-0.3, -0.25) is 14.5 Å². The fraction of sp³-hybridized carbons (Fsp3) is 0.609. The summed E-state index contributed by atoms with van der Waals surface area (Å²) in [6.07, 6.45) is 3.31. The van der Waals surface area contributed by atoms with Crippen LogP contribution in [0.4, 0.5) is 4.79 Å². The van der Waals surface area contributed by atoms with Crippen molar-refractivity contribution in [3.63, 3.8) is 0 Å². The van der Waals surface area contributed by atoms with Crippen LogP contribution in [0.15, 0.2) is 12.1 Å². The summed E-state index contributed by atoms with van der Waals surface area (Å²) in [7, 11) is 7.86. The molecule has 2 aliphatic rings. The molecule has 0 N–H and O–H groups in total. The molecule has 0 bridgehead atoms. The number of hydrogen-bond acceptors (Lipinski definition) is 7. The van der Waals surface area contributed by atoms with Crippen LogP contribution in [0.1, 0.15) is 42.5 Å². The van der Waals surface area contributed by atoms with Gasteiger partial charge in [0.05, 0.1) is 26.9 Å². The molecule has 2 saturated heterocycles. The van der Waals surface area contributed by atoms with Gasteiger partial charge in [0.25, 0.3) is 5.91 Å². The SMILES string of the molecule is COc1cc(OC)c(C(=O)CCCCN2CCC3(CC2)C(=O)N(C)C(=O)N3C)cc1OC. The maximum absolute atomic E-state index is 12.8. The van der Waals surface area contributed by atoms with Crippen LogP contribution >= 0.6 is 0 Å². The van der Waals surface area contributed by atoms with E-state index >= 15 is 0 Å². The highest BCUT2D eigenvalue weighted by atomic mass is 16.5. The summed E-state index contributed by atoms with van der Waals surface area (Å²) < 4.78 is 15.9. The third kappa shape index (κ3) is 4.26. The van der Waals surface area contributed by atoms with Gasteiger partial charge in [-0.2, -0.15) is 0 Å². The van der Waals surface area contributed by atoms with Gasteiger partial charge in [0.2, 0.25) is 0 Å². The van der Waals surface area contributed by atoms with E-state index in [1.165, 1.54) is 26.2 Å². The van der Waals surface area contributed by atoms with Crippen molar-refractivity contribution in [2.45, 2.75) is 37.6 Å². The zero-order chi connectivity index (χ0) is 23.5. The van der Waals surface area contributed by atoms with Gasteiger partial charge in [0.1, 0.15) is 11.3 Å². The highest BCUT2D eigenvalue weighted by molar-refractivity contribution is 6.06. The van der Waals surface area contributed by atoms with Crippen LogP contribution in [-0.4, -0.2) is 93.0 Å². The molecule has 2 fully saturated rings. The first-order valence-electron chi connectivity index (χ1n) is 10.9. The highest BCUT2D eigenvalue weighted by Crippen LogP contribution is 2.36. The number of Topliss-reactive ketones (excluding diaryl/α,β-unsaturated/α-hetero) is 1. The van der Waals surface area contributed by atoms with E-state index in [0.717, 1.165) is 32.5 Å². The van der Waals surface area contributed by atoms with E-state index < -0.39 is 5.54 Å². The summed E-state index contributed by atoms with van der Waals surface area (Å²) in [6.45, 7) is 2.37. The molecule has 0 aromatic heterocycles. The predicted octanol–water partition coefficient (Wildman–Crippen LogP) is 2.42. The zero-order valence-corrected chi connectivity index (χ0v) is 19.6. The standard InChI is InChI=1S/C23H33N3O6/c1-24-21(28)23(25(2)22(24)29)9-12-26(13-10-23)11-7-6-8-17(27)16-14-19(31-4)20(32-5)15-18(16)30-3/h14-15H,6-13H2,1-5H3. The number of methoxy groups -OCH3 is 3. The number of benzene rings is 1. The molecule has 1 aromatic carbocycles. The lowest BCUT2D eigenvalue weighted by Gasteiger charge is -2.40. The number of carbonyl (C=O) groups is 3. The highest BCUT2D eigenvalue weighted by Gasteiger charge is 2.55. The van der Waals surface area contributed by atoms with Crippen LogP contribution in [-0.2, 0) is 4.79 Å². The molecule has 1 aromatic rings. The Kier molecular flexibility index (Phi) is 7.28. The van der Waals surface area contributed by atoms with Gasteiger partial charge < -0.3 is 24.0 Å². The van der Waals surface area contributed by atoms with Crippen LogP contribution in [0, 0.1) is 0 Å². The van der Waals surface area contributed by atoms with E-state index in [2.05, 4.69) is 4.90 Å². The summed E-state index contributed by atoms with van der Waals surface area (Å²) in [5, 5.41) is 0. The Labute approximate surface area is 189 Å². The normalized spacial score (nSPS) is 18.4. The minimum atomic E-state index is -0.692. The Morgan fingerprint density at radius 2 is 1.53 bits per heavy atom. The minimum Gasteiger partial charge on any atom is -0.496 e. The van der Waals surface area contributed by atoms with E-state index in [1.807, 2.05) is 0 Å². The average Bonchev–Trinajstić information content (AvgIpc) is 2.97. The van der Waals surface area contributed by atoms with E-state index in [-0.39, 0.29) is 17.7 Å². The molecule has 3 rings (SSSR count). The number of ether oxygens (including phenoxy) is 3. The molecular weight excluding hydrogens is 414 g/mol. The number of likely N-dealkylation sites (N-methyl/N-ethyl adjacent to an activating group) is 2. The van der Waals surface area contributed by atoms with E-state index in [4.69, 9.17) is 14.2 Å². The van der Waals surface area contributed by atoms with Gasteiger partial charge in [-0.15, -0.1) is 0 Å². The number of rotatable bonds is 9. The lowest BCUT2D eigenvalue weighted by atomic mass is 9.86. The fourth-order valence-electron chi connectivity index (χ4n) is 4.65. The first kappa shape index (κ1) is 23.8. The number of ketones is 1. The number of piperidine rings is 1. The lowest BCUT2D eigenvalue weighted by molar-refractivity contribution is -0.134. The second kappa shape index (κ2) is 9.77. The monoisotopic (exact) mass is 447 g/mol. The maximum atomic E-state index is 12.8. The largest absolute Gasteiger partial charge is 0.496 e. The van der Waals surface area contributed by atoms with Crippen LogP contribution in [0.3, 0.4) is 0 Å². The van der Waals surface area contributed by atoms with Crippen molar-refractivity contribution in [1.29, 1.82) is 0 Å². The summed E-state index contributed by atoms with van der Waals surface area (Å²) >= 11 is 0. The van der Waals surface area contributed by atoms with Crippen LogP contribution < -0.4 is 14.2 Å². The lowest BCUT2D eigenvalue weighted by Crippen LogP contribution is -2.55. The molecule has 0 radical (unpaired) electrons. The van der Waals surface area contributed by atoms with Crippen molar-refractivity contribution in [3.8, 4) is 17.2 Å².